The van der Waals surface area contributed by atoms with Gasteiger partial charge in [-0.2, -0.15) is 0 Å². The first-order chi connectivity index (χ1) is 8.21. The van der Waals surface area contributed by atoms with E-state index < -0.39 is 12.0 Å². The van der Waals surface area contributed by atoms with E-state index in [4.69, 9.17) is 4.74 Å². The van der Waals surface area contributed by atoms with Crippen LogP contribution in [0, 0.1) is 0 Å². The summed E-state index contributed by atoms with van der Waals surface area (Å²) >= 11 is 0. The van der Waals surface area contributed by atoms with Gasteiger partial charge >= 0.3 is 5.97 Å². The van der Waals surface area contributed by atoms with Crippen molar-refractivity contribution < 1.29 is 14.3 Å². The predicted octanol–water partition coefficient (Wildman–Crippen LogP) is 1.92. The summed E-state index contributed by atoms with van der Waals surface area (Å²) in [5.41, 5.74) is 0. The summed E-state index contributed by atoms with van der Waals surface area (Å²) in [5.74, 6) is -0.469. The second-order valence-corrected chi connectivity index (χ2v) is 3.65. The normalized spacial score (nSPS) is 11.4. The zero-order valence-electron chi connectivity index (χ0n) is 10.4. The number of esters is 1. The van der Waals surface area contributed by atoms with Crippen molar-refractivity contribution >= 4 is 12.4 Å². The van der Waals surface area contributed by atoms with Gasteiger partial charge in [0.05, 0.1) is 0 Å². The first-order valence-corrected chi connectivity index (χ1v) is 5.82. The molecule has 0 aromatic rings. The molecule has 0 saturated carbocycles. The summed E-state index contributed by atoms with van der Waals surface area (Å²) < 4.78 is 4.90. The van der Waals surface area contributed by atoms with Crippen LogP contribution < -0.4 is 0 Å². The number of carbonyl (C=O) groups is 2. The Bertz CT molecular complexity index is 263. The Labute approximate surface area is 103 Å². The van der Waals surface area contributed by atoms with E-state index in [1.807, 2.05) is 0 Å². The van der Waals surface area contributed by atoms with E-state index in [1.54, 1.807) is 0 Å². The Morgan fingerprint density at radius 3 is 2.59 bits per heavy atom. The van der Waals surface area contributed by atoms with Crippen LogP contribution in [0.4, 0.5) is 0 Å². The number of unbranched alkanes of at least 4 members (excludes halogenated alkanes) is 2. The van der Waals surface area contributed by atoms with Gasteiger partial charge in [0.2, 0.25) is 6.41 Å². The molecular weight excluding hydrogens is 218 g/mol. The van der Waals surface area contributed by atoms with Gasteiger partial charge in [-0.1, -0.05) is 38.5 Å². The third-order valence-electron chi connectivity index (χ3n) is 2.32. The Morgan fingerprint density at radius 2 is 2.12 bits per heavy atom. The Morgan fingerprint density at radius 1 is 1.41 bits per heavy atom. The van der Waals surface area contributed by atoms with Gasteiger partial charge in [0.15, 0.2) is 0 Å². The first kappa shape index (κ1) is 15.4. The molecule has 0 heterocycles. The molecule has 0 aromatic carbocycles. The zero-order valence-corrected chi connectivity index (χ0v) is 10.4. The van der Waals surface area contributed by atoms with Crippen molar-refractivity contribution in [2.45, 2.75) is 32.2 Å². The van der Waals surface area contributed by atoms with Crippen molar-refractivity contribution in [1.82, 2.24) is 4.90 Å². The highest BCUT2D eigenvalue weighted by Crippen LogP contribution is 2.05. The maximum atomic E-state index is 11.6. The lowest BCUT2D eigenvalue weighted by Gasteiger charge is -2.23. The minimum Gasteiger partial charge on any atom is -0.460 e. The molecule has 0 aliphatic carbocycles. The molecule has 4 heteroatoms. The fourth-order valence-corrected chi connectivity index (χ4v) is 1.40. The highest BCUT2D eigenvalue weighted by atomic mass is 16.5. The van der Waals surface area contributed by atoms with Gasteiger partial charge < -0.3 is 9.64 Å². The molecule has 0 rings (SSSR count). The SMILES string of the molecule is C=CCOC(=O)C(C=C)N(C=O)CCCCC. The van der Waals surface area contributed by atoms with Crippen LogP contribution in [0.5, 0.6) is 0 Å². The minimum absolute atomic E-state index is 0.144. The average molecular weight is 239 g/mol. The Balaban J connectivity index is 4.35. The lowest BCUT2D eigenvalue weighted by molar-refractivity contribution is -0.149. The molecule has 1 amide bonds. The molecule has 17 heavy (non-hydrogen) atoms. The van der Waals surface area contributed by atoms with E-state index in [-0.39, 0.29) is 6.61 Å². The molecule has 0 bridgehead atoms. The number of hydrogen-bond donors (Lipinski definition) is 0. The average Bonchev–Trinajstić information content (AvgIpc) is 2.35. The fraction of sp³-hybridized carbons (Fsp3) is 0.538. The molecule has 0 aliphatic rings. The van der Waals surface area contributed by atoms with Crippen LogP contribution in [-0.2, 0) is 14.3 Å². The van der Waals surface area contributed by atoms with E-state index in [9.17, 15) is 9.59 Å². The summed E-state index contributed by atoms with van der Waals surface area (Å²) in [6.07, 6.45) is 6.53. The first-order valence-electron chi connectivity index (χ1n) is 5.82. The monoisotopic (exact) mass is 239 g/mol. The molecule has 0 fully saturated rings. The van der Waals surface area contributed by atoms with E-state index in [2.05, 4.69) is 20.1 Å². The number of carbonyl (C=O) groups excluding carboxylic acids is 2. The van der Waals surface area contributed by atoms with Gasteiger partial charge in [-0.15, -0.1) is 6.58 Å². The topological polar surface area (TPSA) is 46.6 Å². The molecule has 96 valence electrons. The van der Waals surface area contributed by atoms with Crippen LogP contribution in [0.15, 0.2) is 25.3 Å². The van der Waals surface area contributed by atoms with Crippen LogP contribution in [-0.4, -0.2) is 36.5 Å². The summed E-state index contributed by atoms with van der Waals surface area (Å²) in [4.78, 5) is 24.0. The predicted molar refractivity (Wildman–Crippen MR) is 67.4 cm³/mol. The molecule has 1 atom stereocenters. The van der Waals surface area contributed by atoms with Gasteiger partial charge in [-0.25, -0.2) is 4.79 Å². The van der Waals surface area contributed by atoms with Crippen molar-refractivity contribution in [1.29, 1.82) is 0 Å². The van der Waals surface area contributed by atoms with Crippen molar-refractivity contribution in [3.05, 3.63) is 25.3 Å². The minimum atomic E-state index is -0.704. The highest BCUT2D eigenvalue weighted by Gasteiger charge is 2.22. The molecule has 0 aromatic heterocycles. The summed E-state index contributed by atoms with van der Waals surface area (Å²) in [6, 6.07) is -0.704. The smallest absolute Gasteiger partial charge is 0.333 e. The molecule has 1 unspecified atom stereocenters. The van der Waals surface area contributed by atoms with Crippen LogP contribution in [0.1, 0.15) is 26.2 Å². The van der Waals surface area contributed by atoms with Crippen LogP contribution in [0.25, 0.3) is 0 Å². The molecular formula is C13H21NO3. The molecule has 0 saturated heterocycles. The number of amides is 1. The molecule has 0 spiro atoms. The summed E-state index contributed by atoms with van der Waals surface area (Å²) in [6.45, 7) is 9.78. The van der Waals surface area contributed by atoms with Crippen molar-refractivity contribution in [3.8, 4) is 0 Å². The van der Waals surface area contributed by atoms with Crippen LogP contribution >= 0.6 is 0 Å². The van der Waals surface area contributed by atoms with E-state index >= 15 is 0 Å². The fourth-order valence-electron chi connectivity index (χ4n) is 1.40. The molecule has 4 nitrogen and oxygen atoms in total. The second-order valence-electron chi connectivity index (χ2n) is 3.65. The summed E-state index contributed by atoms with van der Waals surface area (Å²) in [5, 5.41) is 0. The third kappa shape index (κ3) is 5.90. The van der Waals surface area contributed by atoms with Gasteiger partial charge in [0, 0.05) is 6.54 Å². The standard InChI is InChI=1S/C13H21NO3/c1-4-7-8-9-14(11-15)12(6-3)13(16)17-10-5-2/h5-6,11-12H,2-4,7-10H2,1H3. The second kappa shape index (κ2) is 9.63. The largest absolute Gasteiger partial charge is 0.460 e. The third-order valence-corrected chi connectivity index (χ3v) is 2.32. The van der Waals surface area contributed by atoms with Gasteiger partial charge in [-0.3, -0.25) is 4.79 Å². The van der Waals surface area contributed by atoms with E-state index in [1.165, 1.54) is 17.1 Å². The van der Waals surface area contributed by atoms with Gasteiger partial charge in [0.1, 0.15) is 12.6 Å². The zero-order chi connectivity index (χ0) is 13.1. The maximum absolute atomic E-state index is 11.6. The quantitative estimate of drug-likeness (QED) is 0.253. The Hall–Kier alpha value is -1.58. The highest BCUT2D eigenvalue weighted by molar-refractivity contribution is 5.80. The summed E-state index contributed by atoms with van der Waals surface area (Å²) in [7, 11) is 0. The molecule has 0 N–H and O–H groups in total. The van der Waals surface area contributed by atoms with Gasteiger partial charge in [-0.05, 0) is 6.42 Å². The van der Waals surface area contributed by atoms with Crippen molar-refractivity contribution in [2.24, 2.45) is 0 Å². The number of rotatable bonds is 10. The molecule has 0 radical (unpaired) electrons. The van der Waals surface area contributed by atoms with Gasteiger partial charge in [0.25, 0.3) is 0 Å². The van der Waals surface area contributed by atoms with Crippen molar-refractivity contribution in [3.63, 3.8) is 0 Å². The van der Waals surface area contributed by atoms with Crippen LogP contribution in [0.2, 0.25) is 0 Å². The number of hydrogen-bond acceptors (Lipinski definition) is 3. The van der Waals surface area contributed by atoms with Crippen LogP contribution in [0.3, 0.4) is 0 Å². The number of nitrogens with zero attached hydrogens (tertiary/aromatic N) is 1. The lowest BCUT2D eigenvalue weighted by atomic mass is 10.2. The van der Waals surface area contributed by atoms with Crippen molar-refractivity contribution in [2.75, 3.05) is 13.2 Å². The number of ether oxygens (including phenoxy) is 1. The lowest BCUT2D eigenvalue weighted by Crippen LogP contribution is -2.40. The maximum Gasteiger partial charge on any atom is 0.333 e. The van der Waals surface area contributed by atoms with E-state index in [0.717, 1.165) is 19.3 Å². The van der Waals surface area contributed by atoms with E-state index in [0.29, 0.717) is 13.0 Å². The molecule has 0 aliphatic heterocycles. The Kier molecular flexibility index (Phi) is 8.74.